The molecule has 0 bridgehead atoms. The fraction of sp³-hybridized carbons (Fsp3) is 0.316. The molecule has 6 nitrogen and oxygen atoms in total. The van der Waals surface area contributed by atoms with E-state index in [0.29, 0.717) is 18.7 Å². The molecule has 1 heterocycles. The first-order valence-corrected chi connectivity index (χ1v) is 8.47. The number of amides is 3. The predicted molar refractivity (Wildman–Crippen MR) is 93.9 cm³/mol. The van der Waals surface area contributed by atoms with E-state index in [0.717, 1.165) is 18.2 Å². The highest BCUT2D eigenvalue weighted by Gasteiger charge is 2.32. The number of carbonyl (C=O) groups excluding carboxylic acids is 3. The number of likely N-dealkylation sites (tertiary alicyclic amines) is 1. The lowest BCUT2D eigenvalue weighted by atomic mass is 10.0. The number of rotatable bonds is 2. The third-order valence-electron chi connectivity index (χ3n) is 5.20. The SMILES string of the molecule is NC(=O)C1CCN(C(=O)C(=O)Nc2ccc3c4c(cccc24)CC3)C1. The maximum atomic E-state index is 12.4. The second-order valence-electron chi connectivity index (χ2n) is 6.71. The molecule has 1 atom stereocenters. The summed E-state index contributed by atoms with van der Waals surface area (Å²) in [4.78, 5) is 37.4. The molecule has 2 aromatic rings. The second-order valence-corrected chi connectivity index (χ2v) is 6.71. The molecule has 0 aromatic heterocycles. The van der Waals surface area contributed by atoms with Crippen LogP contribution in [0.3, 0.4) is 0 Å². The van der Waals surface area contributed by atoms with Gasteiger partial charge in [0.2, 0.25) is 5.91 Å². The number of nitrogens with one attached hydrogen (secondary N) is 1. The minimum Gasteiger partial charge on any atom is -0.369 e. The van der Waals surface area contributed by atoms with Crippen molar-refractivity contribution < 1.29 is 14.4 Å². The van der Waals surface area contributed by atoms with Crippen molar-refractivity contribution in [3.8, 4) is 0 Å². The first kappa shape index (κ1) is 15.6. The van der Waals surface area contributed by atoms with Crippen LogP contribution in [-0.4, -0.2) is 35.7 Å². The van der Waals surface area contributed by atoms with E-state index in [2.05, 4.69) is 11.4 Å². The van der Waals surface area contributed by atoms with E-state index in [1.165, 1.54) is 21.4 Å². The van der Waals surface area contributed by atoms with Crippen LogP contribution in [-0.2, 0) is 27.2 Å². The zero-order valence-electron chi connectivity index (χ0n) is 13.7. The van der Waals surface area contributed by atoms with Gasteiger partial charge in [0.05, 0.1) is 5.92 Å². The van der Waals surface area contributed by atoms with Crippen molar-refractivity contribution in [2.75, 3.05) is 18.4 Å². The molecule has 0 spiro atoms. The lowest BCUT2D eigenvalue weighted by molar-refractivity contribution is -0.142. The Hall–Kier alpha value is -2.89. The summed E-state index contributed by atoms with van der Waals surface area (Å²) in [5, 5.41) is 4.89. The quantitative estimate of drug-likeness (QED) is 0.807. The highest BCUT2D eigenvalue weighted by Crippen LogP contribution is 2.35. The summed E-state index contributed by atoms with van der Waals surface area (Å²) in [7, 11) is 0. The number of nitrogens with two attached hydrogens (primary N) is 1. The van der Waals surface area contributed by atoms with Crippen LogP contribution in [0.25, 0.3) is 10.8 Å². The van der Waals surface area contributed by atoms with Crippen molar-refractivity contribution in [2.24, 2.45) is 11.7 Å². The fourth-order valence-electron chi connectivity index (χ4n) is 3.85. The molecule has 3 amide bonds. The van der Waals surface area contributed by atoms with Crippen molar-refractivity contribution in [1.29, 1.82) is 0 Å². The van der Waals surface area contributed by atoms with Gasteiger partial charge in [-0.05, 0) is 41.8 Å². The zero-order valence-corrected chi connectivity index (χ0v) is 13.7. The number of carbonyl (C=O) groups is 3. The van der Waals surface area contributed by atoms with Gasteiger partial charge >= 0.3 is 11.8 Å². The topological polar surface area (TPSA) is 92.5 Å². The second kappa shape index (κ2) is 5.88. The van der Waals surface area contributed by atoms with Crippen LogP contribution >= 0.6 is 0 Å². The van der Waals surface area contributed by atoms with E-state index in [-0.39, 0.29) is 12.5 Å². The van der Waals surface area contributed by atoms with Gasteiger partial charge < -0.3 is 16.0 Å². The van der Waals surface area contributed by atoms with Crippen LogP contribution in [0.5, 0.6) is 0 Å². The highest BCUT2D eigenvalue weighted by atomic mass is 16.2. The molecule has 0 radical (unpaired) electrons. The number of anilines is 1. The van der Waals surface area contributed by atoms with Gasteiger partial charge in [-0.3, -0.25) is 14.4 Å². The third-order valence-corrected chi connectivity index (χ3v) is 5.20. The molecule has 4 rings (SSSR count). The Kier molecular flexibility index (Phi) is 3.67. The number of benzene rings is 2. The van der Waals surface area contributed by atoms with Crippen molar-refractivity contribution >= 4 is 34.2 Å². The average Bonchev–Trinajstić information content (AvgIpc) is 3.25. The average molecular weight is 337 g/mol. The van der Waals surface area contributed by atoms with E-state index in [9.17, 15) is 14.4 Å². The van der Waals surface area contributed by atoms with Crippen LogP contribution in [0.1, 0.15) is 17.5 Å². The fourth-order valence-corrected chi connectivity index (χ4v) is 3.85. The van der Waals surface area contributed by atoms with E-state index >= 15 is 0 Å². The summed E-state index contributed by atoms with van der Waals surface area (Å²) in [6.45, 7) is 0.592. The van der Waals surface area contributed by atoms with Gasteiger partial charge in [0.15, 0.2) is 0 Å². The summed E-state index contributed by atoms with van der Waals surface area (Å²) in [6, 6.07) is 9.91. The largest absolute Gasteiger partial charge is 0.369 e. The van der Waals surface area contributed by atoms with E-state index in [1.54, 1.807) is 0 Å². The summed E-state index contributed by atoms with van der Waals surface area (Å²) in [5.74, 6) is -2.09. The molecule has 1 unspecified atom stereocenters. The molecule has 2 aromatic carbocycles. The lowest BCUT2D eigenvalue weighted by Gasteiger charge is -2.16. The molecule has 6 heteroatoms. The molecule has 3 N–H and O–H groups in total. The molecule has 0 saturated carbocycles. The smallest absolute Gasteiger partial charge is 0.313 e. The molecule has 2 aliphatic rings. The maximum absolute atomic E-state index is 12.4. The molecular formula is C19H19N3O3. The van der Waals surface area contributed by atoms with Gasteiger partial charge in [0, 0.05) is 24.2 Å². The van der Waals surface area contributed by atoms with Gasteiger partial charge in [-0.1, -0.05) is 24.3 Å². The van der Waals surface area contributed by atoms with Gasteiger partial charge in [0.1, 0.15) is 0 Å². The summed E-state index contributed by atoms with van der Waals surface area (Å²) >= 11 is 0. The van der Waals surface area contributed by atoms with Crippen molar-refractivity contribution in [1.82, 2.24) is 4.90 Å². The van der Waals surface area contributed by atoms with Gasteiger partial charge in [0.25, 0.3) is 0 Å². The highest BCUT2D eigenvalue weighted by molar-refractivity contribution is 6.40. The normalized spacial score (nSPS) is 18.6. The van der Waals surface area contributed by atoms with E-state index in [4.69, 9.17) is 5.73 Å². The molecule has 1 aliphatic carbocycles. The molecule has 128 valence electrons. The Morgan fingerprint density at radius 3 is 2.56 bits per heavy atom. The van der Waals surface area contributed by atoms with Crippen molar-refractivity contribution in [3.63, 3.8) is 0 Å². The zero-order chi connectivity index (χ0) is 17.6. The summed E-state index contributed by atoms with van der Waals surface area (Å²) in [6.07, 6.45) is 2.52. The Bertz CT molecular complexity index is 896. The van der Waals surface area contributed by atoms with Crippen LogP contribution in [0, 0.1) is 5.92 Å². The first-order chi connectivity index (χ1) is 12.0. The first-order valence-electron chi connectivity index (χ1n) is 8.47. The molecular weight excluding hydrogens is 318 g/mol. The maximum Gasteiger partial charge on any atom is 0.313 e. The minimum atomic E-state index is -0.677. The van der Waals surface area contributed by atoms with Gasteiger partial charge in [-0.2, -0.15) is 0 Å². The molecule has 1 saturated heterocycles. The summed E-state index contributed by atoms with van der Waals surface area (Å²) in [5.41, 5.74) is 8.48. The summed E-state index contributed by atoms with van der Waals surface area (Å²) < 4.78 is 0. The number of primary amides is 1. The number of hydrogen-bond donors (Lipinski definition) is 2. The predicted octanol–water partition coefficient (Wildman–Crippen LogP) is 1.21. The van der Waals surface area contributed by atoms with Crippen LogP contribution < -0.4 is 11.1 Å². The number of aryl methyl sites for hydroxylation is 2. The molecule has 1 aliphatic heterocycles. The van der Waals surface area contributed by atoms with Crippen molar-refractivity contribution in [3.05, 3.63) is 41.5 Å². The van der Waals surface area contributed by atoms with Crippen LogP contribution in [0.4, 0.5) is 5.69 Å². The Balaban J connectivity index is 1.55. The Morgan fingerprint density at radius 2 is 1.84 bits per heavy atom. The third kappa shape index (κ3) is 2.63. The van der Waals surface area contributed by atoms with Gasteiger partial charge in [-0.25, -0.2) is 0 Å². The Labute approximate surface area is 145 Å². The number of nitrogens with zero attached hydrogens (tertiary/aromatic N) is 1. The van der Waals surface area contributed by atoms with E-state index in [1.807, 2.05) is 24.3 Å². The molecule has 1 fully saturated rings. The van der Waals surface area contributed by atoms with Crippen LogP contribution in [0.15, 0.2) is 30.3 Å². The van der Waals surface area contributed by atoms with Crippen LogP contribution in [0.2, 0.25) is 0 Å². The standard InChI is InChI=1S/C19H19N3O3/c20-17(23)13-8-9-22(10-13)19(25)18(24)21-15-7-6-12-5-4-11-2-1-3-14(15)16(11)12/h1-3,6-7,13H,4-5,8-10H2,(H2,20,23)(H,21,24). The van der Waals surface area contributed by atoms with E-state index < -0.39 is 17.7 Å². The van der Waals surface area contributed by atoms with Gasteiger partial charge in [-0.15, -0.1) is 0 Å². The lowest BCUT2D eigenvalue weighted by Crippen LogP contribution is -2.39. The number of hydrogen-bond acceptors (Lipinski definition) is 3. The monoisotopic (exact) mass is 337 g/mol. The molecule has 25 heavy (non-hydrogen) atoms. The Morgan fingerprint density at radius 1 is 1.08 bits per heavy atom. The minimum absolute atomic E-state index is 0.214. The van der Waals surface area contributed by atoms with Crippen molar-refractivity contribution in [2.45, 2.75) is 19.3 Å².